The van der Waals surface area contributed by atoms with E-state index in [1.54, 1.807) is 19.1 Å². The van der Waals surface area contributed by atoms with E-state index >= 15 is 0 Å². The second kappa shape index (κ2) is 9.20. The standard InChI is InChI=1S/C19H27N3O3/c1-3-17(23)20-15-9-10-16(14(2)13-15)21-18(24)7-6-12-22-11-5-4-8-19(22)25/h9-10,13H,3-8,11-12H2,1-2H3,(H,20,23)(H,21,24). The van der Waals surface area contributed by atoms with Gasteiger partial charge in [-0.15, -0.1) is 0 Å². The minimum atomic E-state index is -0.0575. The van der Waals surface area contributed by atoms with Crippen molar-refractivity contribution in [2.75, 3.05) is 23.7 Å². The number of hydrogen-bond acceptors (Lipinski definition) is 3. The molecule has 1 heterocycles. The van der Waals surface area contributed by atoms with Crippen LogP contribution in [-0.4, -0.2) is 35.7 Å². The summed E-state index contributed by atoms with van der Waals surface area (Å²) in [6, 6.07) is 5.42. The fourth-order valence-corrected chi connectivity index (χ4v) is 2.87. The fraction of sp³-hybridized carbons (Fsp3) is 0.526. The van der Waals surface area contributed by atoms with Crippen LogP contribution in [0.3, 0.4) is 0 Å². The molecule has 0 spiro atoms. The number of aryl methyl sites for hydroxylation is 1. The van der Waals surface area contributed by atoms with Gasteiger partial charge in [0.25, 0.3) is 0 Å². The molecule has 3 amide bonds. The Morgan fingerprint density at radius 2 is 1.96 bits per heavy atom. The van der Waals surface area contributed by atoms with Gasteiger partial charge < -0.3 is 15.5 Å². The Labute approximate surface area is 149 Å². The average Bonchev–Trinajstić information content (AvgIpc) is 2.59. The number of piperidine rings is 1. The molecule has 2 N–H and O–H groups in total. The Morgan fingerprint density at radius 3 is 2.64 bits per heavy atom. The van der Waals surface area contributed by atoms with Gasteiger partial charge in [-0.05, 0) is 49.9 Å². The molecule has 0 saturated carbocycles. The van der Waals surface area contributed by atoms with Crippen molar-refractivity contribution in [1.82, 2.24) is 4.90 Å². The molecule has 1 aliphatic heterocycles. The number of likely N-dealkylation sites (tertiary alicyclic amines) is 1. The SMILES string of the molecule is CCC(=O)Nc1ccc(NC(=O)CCCN2CCCCC2=O)c(C)c1. The maximum absolute atomic E-state index is 12.1. The summed E-state index contributed by atoms with van der Waals surface area (Å²) in [5.74, 6) is 0.105. The molecule has 1 fully saturated rings. The van der Waals surface area contributed by atoms with Crippen molar-refractivity contribution >= 4 is 29.1 Å². The Hall–Kier alpha value is -2.37. The van der Waals surface area contributed by atoms with Crippen LogP contribution >= 0.6 is 0 Å². The Kier molecular flexibility index (Phi) is 6.98. The van der Waals surface area contributed by atoms with Crippen LogP contribution in [0.1, 0.15) is 51.0 Å². The molecule has 0 atom stereocenters. The number of amides is 3. The average molecular weight is 345 g/mol. The van der Waals surface area contributed by atoms with Gasteiger partial charge in [0, 0.05) is 43.7 Å². The van der Waals surface area contributed by atoms with E-state index in [9.17, 15) is 14.4 Å². The first-order valence-corrected chi connectivity index (χ1v) is 8.97. The molecular formula is C19H27N3O3. The van der Waals surface area contributed by atoms with Crippen molar-refractivity contribution in [3.8, 4) is 0 Å². The molecule has 2 rings (SSSR count). The molecule has 0 aliphatic carbocycles. The van der Waals surface area contributed by atoms with Crippen molar-refractivity contribution in [1.29, 1.82) is 0 Å². The number of rotatable bonds is 7. The smallest absolute Gasteiger partial charge is 0.224 e. The number of anilines is 2. The summed E-state index contributed by atoms with van der Waals surface area (Å²) in [5.41, 5.74) is 2.37. The summed E-state index contributed by atoms with van der Waals surface area (Å²) < 4.78 is 0. The van der Waals surface area contributed by atoms with Gasteiger partial charge in [0.05, 0.1) is 0 Å². The highest BCUT2D eigenvalue weighted by Crippen LogP contribution is 2.20. The lowest BCUT2D eigenvalue weighted by atomic mass is 10.1. The van der Waals surface area contributed by atoms with Crippen LogP contribution in [-0.2, 0) is 14.4 Å². The summed E-state index contributed by atoms with van der Waals surface area (Å²) in [6.07, 6.45) is 4.14. The first-order valence-electron chi connectivity index (χ1n) is 8.97. The van der Waals surface area contributed by atoms with Crippen LogP contribution < -0.4 is 10.6 Å². The van der Waals surface area contributed by atoms with E-state index in [1.165, 1.54) is 0 Å². The highest BCUT2D eigenvalue weighted by Gasteiger charge is 2.17. The number of nitrogens with one attached hydrogen (secondary N) is 2. The highest BCUT2D eigenvalue weighted by atomic mass is 16.2. The number of carbonyl (C=O) groups is 3. The minimum Gasteiger partial charge on any atom is -0.343 e. The summed E-state index contributed by atoms with van der Waals surface area (Å²) in [6.45, 7) is 5.15. The molecule has 0 radical (unpaired) electrons. The topological polar surface area (TPSA) is 78.5 Å². The van der Waals surface area contributed by atoms with Crippen molar-refractivity contribution in [3.05, 3.63) is 23.8 Å². The Morgan fingerprint density at radius 1 is 1.16 bits per heavy atom. The van der Waals surface area contributed by atoms with Crippen molar-refractivity contribution < 1.29 is 14.4 Å². The van der Waals surface area contributed by atoms with Gasteiger partial charge in [0.15, 0.2) is 0 Å². The van der Waals surface area contributed by atoms with Gasteiger partial charge in [0.1, 0.15) is 0 Å². The summed E-state index contributed by atoms with van der Waals surface area (Å²) >= 11 is 0. The van der Waals surface area contributed by atoms with Crippen LogP contribution in [0.5, 0.6) is 0 Å². The third-order valence-electron chi connectivity index (χ3n) is 4.36. The lowest BCUT2D eigenvalue weighted by Crippen LogP contribution is -2.36. The zero-order chi connectivity index (χ0) is 18.2. The molecule has 0 unspecified atom stereocenters. The van der Waals surface area contributed by atoms with Crippen LogP contribution in [0.15, 0.2) is 18.2 Å². The molecule has 25 heavy (non-hydrogen) atoms. The zero-order valence-corrected chi connectivity index (χ0v) is 15.1. The molecule has 6 nitrogen and oxygen atoms in total. The lowest BCUT2D eigenvalue weighted by Gasteiger charge is -2.26. The maximum Gasteiger partial charge on any atom is 0.224 e. The van der Waals surface area contributed by atoms with Crippen LogP contribution in [0.2, 0.25) is 0 Å². The van der Waals surface area contributed by atoms with Crippen molar-refractivity contribution in [2.24, 2.45) is 0 Å². The van der Waals surface area contributed by atoms with Gasteiger partial charge in [-0.3, -0.25) is 14.4 Å². The second-order valence-electron chi connectivity index (χ2n) is 6.42. The van der Waals surface area contributed by atoms with Gasteiger partial charge in [-0.2, -0.15) is 0 Å². The molecule has 1 aromatic carbocycles. The predicted molar refractivity (Wildman–Crippen MR) is 98.4 cm³/mol. The molecule has 0 aromatic heterocycles. The first kappa shape index (κ1) is 19.0. The van der Waals surface area contributed by atoms with E-state index in [-0.39, 0.29) is 17.7 Å². The predicted octanol–water partition coefficient (Wildman–Crippen LogP) is 3.07. The van der Waals surface area contributed by atoms with E-state index in [4.69, 9.17) is 0 Å². The van der Waals surface area contributed by atoms with E-state index < -0.39 is 0 Å². The van der Waals surface area contributed by atoms with E-state index in [1.807, 2.05) is 17.9 Å². The molecule has 1 aliphatic rings. The van der Waals surface area contributed by atoms with Crippen LogP contribution in [0.25, 0.3) is 0 Å². The quantitative estimate of drug-likeness (QED) is 0.797. The highest BCUT2D eigenvalue weighted by molar-refractivity contribution is 5.93. The second-order valence-corrected chi connectivity index (χ2v) is 6.42. The number of carbonyl (C=O) groups excluding carboxylic acids is 3. The lowest BCUT2D eigenvalue weighted by molar-refractivity contribution is -0.133. The normalized spacial score (nSPS) is 14.3. The summed E-state index contributed by atoms with van der Waals surface area (Å²) in [5, 5.41) is 5.70. The third-order valence-corrected chi connectivity index (χ3v) is 4.36. The van der Waals surface area contributed by atoms with Gasteiger partial charge in [0.2, 0.25) is 17.7 Å². The van der Waals surface area contributed by atoms with Gasteiger partial charge in [-0.1, -0.05) is 6.92 Å². The molecular weight excluding hydrogens is 318 g/mol. The van der Waals surface area contributed by atoms with E-state index in [0.717, 1.165) is 36.3 Å². The van der Waals surface area contributed by atoms with Crippen molar-refractivity contribution in [2.45, 2.75) is 52.4 Å². The number of benzene rings is 1. The van der Waals surface area contributed by atoms with Crippen LogP contribution in [0.4, 0.5) is 11.4 Å². The maximum atomic E-state index is 12.1. The van der Waals surface area contributed by atoms with Crippen molar-refractivity contribution in [3.63, 3.8) is 0 Å². The largest absolute Gasteiger partial charge is 0.343 e. The number of nitrogens with zero attached hydrogens (tertiary/aromatic N) is 1. The molecule has 1 saturated heterocycles. The van der Waals surface area contributed by atoms with E-state index in [2.05, 4.69) is 10.6 Å². The number of hydrogen-bond donors (Lipinski definition) is 2. The zero-order valence-electron chi connectivity index (χ0n) is 15.1. The van der Waals surface area contributed by atoms with E-state index in [0.29, 0.717) is 32.2 Å². The summed E-state index contributed by atoms with van der Waals surface area (Å²) in [4.78, 5) is 37.1. The van der Waals surface area contributed by atoms with Crippen LogP contribution in [0, 0.1) is 6.92 Å². The fourth-order valence-electron chi connectivity index (χ4n) is 2.87. The first-order chi connectivity index (χ1) is 12.0. The summed E-state index contributed by atoms with van der Waals surface area (Å²) in [7, 11) is 0. The molecule has 0 bridgehead atoms. The Bertz CT molecular complexity index is 643. The van der Waals surface area contributed by atoms with Gasteiger partial charge in [-0.25, -0.2) is 0 Å². The Balaban J connectivity index is 1.79. The minimum absolute atomic E-state index is 0.0385. The third kappa shape index (κ3) is 5.89. The molecule has 6 heteroatoms. The monoisotopic (exact) mass is 345 g/mol. The molecule has 1 aromatic rings. The van der Waals surface area contributed by atoms with Gasteiger partial charge >= 0.3 is 0 Å². The molecule has 136 valence electrons.